The molecule has 16 heavy (non-hydrogen) atoms. The lowest BCUT2D eigenvalue weighted by molar-refractivity contribution is 0.0995. The zero-order chi connectivity index (χ0) is 12.1. The molecule has 1 heterocycles. The Morgan fingerprint density at radius 1 is 1.69 bits per heavy atom. The van der Waals surface area contributed by atoms with Crippen LogP contribution in [0.3, 0.4) is 0 Å². The van der Waals surface area contributed by atoms with Gasteiger partial charge in [0.1, 0.15) is 17.0 Å². The molecule has 1 aromatic heterocycles. The standard InChI is InChI=1S/C9H10BrFN4O/c10-8(12)5-4-15-7(9(13)16)3-6(5)14-2-1-11/h3-4,12H,1-2H2,(H2,13,16)(H,14,15). The molecule has 0 aromatic carbocycles. The fraction of sp³-hybridized carbons (Fsp3) is 0.222. The summed E-state index contributed by atoms with van der Waals surface area (Å²) in [7, 11) is 0. The van der Waals surface area contributed by atoms with E-state index in [0.717, 1.165) is 0 Å². The molecular weight excluding hydrogens is 279 g/mol. The number of carbonyl (C=O) groups is 1. The Kier molecular flexibility index (Phi) is 4.36. The van der Waals surface area contributed by atoms with E-state index in [1.165, 1.54) is 12.3 Å². The van der Waals surface area contributed by atoms with Gasteiger partial charge in [-0.25, -0.2) is 4.39 Å². The molecule has 0 spiro atoms. The molecule has 0 unspecified atom stereocenters. The second-order valence-electron chi connectivity index (χ2n) is 2.91. The fourth-order valence-electron chi connectivity index (χ4n) is 1.09. The quantitative estimate of drug-likeness (QED) is 0.713. The summed E-state index contributed by atoms with van der Waals surface area (Å²) in [5.41, 5.74) is 6.03. The normalized spacial score (nSPS) is 9.88. The third-order valence-electron chi connectivity index (χ3n) is 1.80. The summed E-state index contributed by atoms with van der Waals surface area (Å²) in [5, 5.41) is 10.2. The molecule has 0 aliphatic carbocycles. The van der Waals surface area contributed by atoms with Crippen molar-refractivity contribution in [2.75, 3.05) is 18.5 Å². The lowest BCUT2D eigenvalue weighted by atomic mass is 10.2. The zero-order valence-corrected chi connectivity index (χ0v) is 9.84. The molecular formula is C9H10BrFN4O. The zero-order valence-electron chi connectivity index (χ0n) is 8.26. The second-order valence-corrected chi connectivity index (χ2v) is 3.70. The highest BCUT2D eigenvalue weighted by molar-refractivity contribution is 9.18. The molecule has 1 amide bonds. The van der Waals surface area contributed by atoms with Crippen molar-refractivity contribution >= 4 is 32.1 Å². The summed E-state index contributed by atoms with van der Waals surface area (Å²) in [6.07, 6.45) is 1.33. The SMILES string of the molecule is N=C(Br)c1cnc(C(N)=O)cc1NCCF. The molecule has 0 saturated carbocycles. The lowest BCUT2D eigenvalue weighted by Gasteiger charge is -2.09. The van der Waals surface area contributed by atoms with Crippen LogP contribution in [0.5, 0.6) is 0 Å². The van der Waals surface area contributed by atoms with Crippen LogP contribution in [0.4, 0.5) is 10.1 Å². The summed E-state index contributed by atoms with van der Waals surface area (Å²) < 4.78 is 12.1. The second kappa shape index (κ2) is 5.55. The van der Waals surface area contributed by atoms with Crippen LogP contribution in [0, 0.1) is 5.41 Å². The number of nitrogens with two attached hydrogens (primary N) is 1. The molecule has 0 aliphatic rings. The molecule has 5 nitrogen and oxygen atoms in total. The largest absolute Gasteiger partial charge is 0.382 e. The van der Waals surface area contributed by atoms with Crippen molar-refractivity contribution in [2.24, 2.45) is 5.73 Å². The van der Waals surface area contributed by atoms with Gasteiger partial charge in [0, 0.05) is 24.0 Å². The van der Waals surface area contributed by atoms with Gasteiger partial charge < -0.3 is 11.1 Å². The number of primary amides is 1. The van der Waals surface area contributed by atoms with Gasteiger partial charge in [-0.1, -0.05) is 0 Å². The predicted octanol–water partition coefficient (Wildman–Crippen LogP) is 1.28. The molecule has 1 aromatic rings. The van der Waals surface area contributed by atoms with Crippen molar-refractivity contribution in [1.29, 1.82) is 5.41 Å². The maximum Gasteiger partial charge on any atom is 0.267 e. The van der Waals surface area contributed by atoms with E-state index < -0.39 is 12.6 Å². The first-order chi connectivity index (χ1) is 7.56. The van der Waals surface area contributed by atoms with Gasteiger partial charge in [-0.3, -0.25) is 15.2 Å². The van der Waals surface area contributed by atoms with Gasteiger partial charge in [-0.05, 0) is 22.0 Å². The van der Waals surface area contributed by atoms with Crippen LogP contribution < -0.4 is 11.1 Å². The highest BCUT2D eigenvalue weighted by atomic mass is 79.9. The van der Waals surface area contributed by atoms with Crippen LogP contribution in [0.2, 0.25) is 0 Å². The van der Waals surface area contributed by atoms with Gasteiger partial charge >= 0.3 is 0 Å². The van der Waals surface area contributed by atoms with Crippen LogP contribution in [0.25, 0.3) is 0 Å². The summed E-state index contributed by atoms with van der Waals surface area (Å²) >= 11 is 2.98. The van der Waals surface area contributed by atoms with Crippen molar-refractivity contribution < 1.29 is 9.18 Å². The number of hydrogen-bond acceptors (Lipinski definition) is 4. The molecule has 1 rings (SSSR count). The number of halogens is 2. The molecule has 7 heteroatoms. The Balaban J connectivity index is 3.10. The number of aromatic nitrogens is 1. The molecule has 0 radical (unpaired) electrons. The lowest BCUT2D eigenvalue weighted by Crippen LogP contribution is -2.15. The van der Waals surface area contributed by atoms with Gasteiger partial charge in [0.15, 0.2) is 0 Å². The predicted molar refractivity (Wildman–Crippen MR) is 63.0 cm³/mol. The Morgan fingerprint density at radius 2 is 2.38 bits per heavy atom. The average molecular weight is 289 g/mol. The smallest absolute Gasteiger partial charge is 0.267 e. The summed E-state index contributed by atoms with van der Waals surface area (Å²) in [6, 6.07) is 1.39. The van der Waals surface area contributed by atoms with E-state index in [2.05, 4.69) is 26.2 Å². The van der Waals surface area contributed by atoms with E-state index >= 15 is 0 Å². The van der Waals surface area contributed by atoms with Crippen LogP contribution >= 0.6 is 15.9 Å². The molecule has 0 fully saturated rings. The highest BCUT2D eigenvalue weighted by Gasteiger charge is 2.10. The summed E-state index contributed by atoms with van der Waals surface area (Å²) in [5.74, 6) is -0.670. The Morgan fingerprint density at radius 3 is 2.88 bits per heavy atom. The number of nitrogens with zero attached hydrogens (tertiary/aromatic N) is 1. The van der Waals surface area contributed by atoms with E-state index in [-0.39, 0.29) is 16.9 Å². The number of nitrogens with one attached hydrogen (secondary N) is 2. The van der Waals surface area contributed by atoms with Crippen molar-refractivity contribution in [2.45, 2.75) is 0 Å². The first-order valence-corrected chi connectivity index (χ1v) is 5.19. The highest BCUT2D eigenvalue weighted by Crippen LogP contribution is 2.18. The average Bonchev–Trinajstić information content (AvgIpc) is 2.25. The third kappa shape index (κ3) is 2.99. The van der Waals surface area contributed by atoms with Gasteiger partial charge in [0.05, 0.1) is 0 Å². The van der Waals surface area contributed by atoms with E-state index in [9.17, 15) is 9.18 Å². The third-order valence-corrected chi connectivity index (χ3v) is 2.23. The van der Waals surface area contributed by atoms with Crippen LogP contribution in [0.15, 0.2) is 12.3 Å². The fourth-order valence-corrected chi connectivity index (χ4v) is 1.41. The molecule has 0 bridgehead atoms. The van der Waals surface area contributed by atoms with E-state index in [0.29, 0.717) is 11.3 Å². The number of pyridine rings is 1. The minimum atomic E-state index is -0.670. The number of rotatable bonds is 5. The van der Waals surface area contributed by atoms with Crippen LogP contribution in [-0.2, 0) is 0 Å². The number of alkyl halides is 1. The molecule has 86 valence electrons. The number of amides is 1. The van der Waals surface area contributed by atoms with Crippen molar-refractivity contribution in [1.82, 2.24) is 4.98 Å². The van der Waals surface area contributed by atoms with E-state index in [1.807, 2.05) is 0 Å². The monoisotopic (exact) mass is 288 g/mol. The maximum absolute atomic E-state index is 12.0. The van der Waals surface area contributed by atoms with Gasteiger partial charge in [-0.15, -0.1) is 0 Å². The van der Waals surface area contributed by atoms with Gasteiger partial charge in [0.2, 0.25) is 0 Å². The topological polar surface area (TPSA) is 91.9 Å². The molecule has 0 atom stereocenters. The summed E-state index contributed by atoms with van der Waals surface area (Å²) in [6.45, 7) is -0.460. The van der Waals surface area contributed by atoms with Crippen molar-refractivity contribution in [3.05, 3.63) is 23.5 Å². The van der Waals surface area contributed by atoms with Gasteiger partial charge in [0.25, 0.3) is 5.91 Å². The number of hydrogen-bond donors (Lipinski definition) is 3. The van der Waals surface area contributed by atoms with Crippen molar-refractivity contribution in [3.8, 4) is 0 Å². The van der Waals surface area contributed by atoms with E-state index in [4.69, 9.17) is 11.1 Å². The minimum absolute atomic E-state index is 0.0684. The number of carbonyl (C=O) groups excluding carboxylic acids is 1. The minimum Gasteiger partial charge on any atom is -0.382 e. The summed E-state index contributed by atoms with van der Waals surface area (Å²) in [4.78, 5) is 14.7. The maximum atomic E-state index is 12.0. The van der Waals surface area contributed by atoms with Crippen molar-refractivity contribution in [3.63, 3.8) is 0 Å². The van der Waals surface area contributed by atoms with E-state index in [1.54, 1.807) is 0 Å². The molecule has 0 saturated heterocycles. The first kappa shape index (κ1) is 12.6. The molecule has 0 aliphatic heterocycles. The first-order valence-electron chi connectivity index (χ1n) is 4.40. The van der Waals surface area contributed by atoms with Crippen LogP contribution in [0.1, 0.15) is 16.1 Å². The van der Waals surface area contributed by atoms with Crippen LogP contribution in [-0.4, -0.2) is 28.7 Å². The number of anilines is 1. The Hall–Kier alpha value is -1.50. The van der Waals surface area contributed by atoms with Gasteiger partial charge in [-0.2, -0.15) is 0 Å². The Labute approximate surface area is 99.9 Å². The molecule has 4 N–H and O–H groups in total. The Bertz CT molecular complexity index is 424.